The smallest absolute Gasteiger partial charge is 0.0396 e. The quantitative estimate of drug-likeness (QED) is 0.506. The van der Waals surface area contributed by atoms with Crippen molar-refractivity contribution in [2.45, 2.75) is 12.3 Å². The Labute approximate surface area is 104 Å². The summed E-state index contributed by atoms with van der Waals surface area (Å²) in [6, 6.07) is 6.66. The molecule has 0 N–H and O–H groups in total. The highest BCUT2D eigenvalue weighted by molar-refractivity contribution is 14.1. The molecule has 1 aromatic heterocycles. The minimum Gasteiger partial charge on any atom is -0.140 e. The number of rotatable bonds is 1. The first-order valence-electron chi connectivity index (χ1n) is 3.96. The summed E-state index contributed by atoms with van der Waals surface area (Å²) in [5.41, 5.74) is 1.40. The second-order valence-electron chi connectivity index (χ2n) is 2.94. The second-order valence-corrected chi connectivity index (χ2v) is 5.92. The maximum atomic E-state index is 3.52. The second kappa shape index (κ2) is 3.87. The van der Waals surface area contributed by atoms with Gasteiger partial charge < -0.3 is 0 Å². The highest BCUT2D eigenvalue weighted by Gasteiger charge is 2.06. The molecule has 0 spiro atoms. The minimum atomic E-state index is 0.945. The lowest BCUT2D eigenvalue weighted by Crippen LogP contribution is -1.79. The lowest BCUT2D eigenvalue weighted by molar-refractivity contribution is 1.50. The summed E-state index contributed by atoms with van der Waals surface area (Å²) in [6.07, 6.45) is 0. The molecule has 2 aromatic rings. The number of alkyl halides is 1. The van der Waals surface area contributed by atoms with Crippen molar-refractivity contribution in [3.05, 3.63) is 32.2 Å². The van der Waals surface area contributed by atoms with Gasteiger partial charge in [-0.15, -0.1) is 11.3 Å². The zero-order valence-electron chi connectivity index (χ0n) is 7.10. The molecule has 1 aromatic carbocycles. The van der Waals surface area contributed by atoms with Crippen molar-refractivity contribution in [3.63, 3.8) is 0 Å². The molecule has 1 heterocycles. The molecule has 2 rings (SSSR count). The normalized spacial score (nSPS) is 11.0. The number of halogens is 2. The number of hydrogen-bond acceptors (Lipinski definition) is 1. The van der Waals surface area contributed by atoms with Gasteiger partial charge in [0.1, 0.15) is 0 Å². The van der Waals surface area contributed by atoms with Gasteiger partial charge in [-0.25, -0.2) is 0 Å². The number of hydrogen-bond donors (Lipinski definition) is 0. The Morgan fingerprint density at radius 3 is 2.92 bits per heavy atom. The van der Waals surface area contributed by atoms with Gasteiger partial charge in [0.05, 0.1) is 0 Å². The summed E-state index contributed by atoms with van der Waals surface area (Å²) >= 11 is 7.80. The average Bonchev–Trinajstić information content (AvgIpc) is 2.48. The Balaban J connectivity index is 2.83. The standard InChI is InChI=1S/C10H8BrIS/c1-6-4-8-9(12)3-2-7(5-11)10(8)13-6/h2-4H,5H2,1H3. The molecule has 68 valence electrons. The third-order valence-corrected chi connectivity index (χ3v) is 4.65. The van der Waals surface area contributed by atoms with Crippen LogP contribution in [-0.2, 0) is 5.33 Å². The number of fused-ring (bicyclic) bond motifs is 1. The van der Waals surface area contributed by atoms with Crippen LogP contribution in [0.4, 0.5) is 0 Å². The van der Waals surface area contributed by atoms with Crippen LogP contribution < -0.4 is 0 Å². The largest absolute Gasteiger partial charge is 0.140 e. The Hall–Kier alpha value is 0.390. The highest BCUT2D eigenvalue weighted by Crippen LogP contribution is 2.32. The fraction of sp³-hybridized carbons (Fsp3) is 0.200. The van der Waals surface area contributed by atoms with E-state index < -0.39 is 0 Å². The van der Waals surface area contributed by atoms with Crippen LogP contribution >= 0.6 is 49.9 Å². The van der Waals surface area contributed by atoms with Crippen LogP contribution in [0.3, 0.4) is 0 Å². The van der Waals surface area contributed by atoms with Crippen LogP contribution in [0.15, 0.2) is 18.2 Å². The molecular weight excluding hydrogens is 359 g/mol. The van der Waals surface area contributed by atoms with Crippen molar-refractivity contribution in [3.8, 4) is 0 Å². The lowest BCUT2D eigenvalue weighted by atomic mass is 10.2. The summed E-state index contributed by atoms with van der Waals surface area (Å²) in [7, 11) is 0. The predicted octanol–water partition coefficient (Wildman–Crippen LogP) is 4.71. The Kier molecular flexibility index (Phi) is 2.95. The molecule has 0 aliphatic heterocycles. The van der Waals surface area contributed by atoms with E-state index in [1.54, 1.807) is 0 Å². The summed E-state index contributed by atoms with van der Waals surface area (Å²) in [5.74, 6) is 0. The first kappa shape index (κ1) is 9.93. The molecule has 0 unspecified atom stereocenters. The van der Waals surface area contributed by atoms with Gasteiger partial charge in [-0.05, 0) is 47.2 Å². The SMILES string of the molecule is Cc1cc2c(I)ccc(CBr)c2s1. The highest BCUT2D eigenvalue weighted by atomic mass is 127. The van der Waals surface area contributed by atoms with E-state index in [-0.39, 0.29) is 0 Å². The van der Waals surface area contributed by atoms with Crippen LogP contribution in [0.25, 0.3) is 10.1 Å². The molecule has 3 heteroatoms. The fourth-order valence-corrected chi connectivity index (χ4v) is 3.86. The molecule has 0 fully saturated rings. The van der Waals surface area contributed by atoms with E-state index in [4.69, 9.17) is 0 Å². The van der Waals surface area contributed by atoms with Crippen LogP contribution in [0.2, 0.25) is 0 Å². The van der Waals surface area contributed by atoms with E-state index >= 15 is 0 Å². The van der Waals surface area contributed by atoms with Crippen molar-refractivity contribution >= 4 is 59.9 Å². The maximum absolute atomic E-state index is 3.52. The average molecular weight is 367 g/mol. The molecule has 0 saturated heterocycles. The molecule has 0 atom stereocenters. The van der Waals surface area contributed by atoms with E-state index in [0.29, 0.717) is 0 Å². The third-order valence-electron chi connectivity index (χ3n) is 1.98. The molecule has 0 bridgehead atoms. The van der Waals surface area contributed by atoms with Gasteiger partial charge in [0.15, 0.2) is 0 Å². The Morgan fingerprint density at radius 2 is 2.23 bits per heavy atom. The predicted molar refractivity (Wildman–Crippen MR) is 71.9 cm³/mol. The van der Waals surface area contributed by atoms with Crippen molar-refractivity contribution in [1.82, 2.24) is 0 Å². The molecule has 0 aliphatic carbocycles. The molecule has 0 aliphatic rings. The maximum Gasteiger partial charge on any atom is 0.0396 e. The summed E-state index contributed by atoms with van der Waals surface area (Å²) in [5, 5.41) is 2.35. The third kappa shape index (κ3) is 1.78. The van der Waals surface area contributed by atoms with E-state index in [2.05, 4.69) is 63.6 Å². The molecule has 0 saturated carbocycles. The zero-order chi connectivity index (χ0) is 9.42. The van der Waals surface area contributed by atoms with Gasteiger partial charge in [-0.2, -0.15) is 0 Å². The van der Waals surface area contributed by atoms with Crippen molar-refractivity contribution < 1.29 is 0 Å². The topological polar surface area (TPSA) is 0 Å². The van der Waals surface area contributed by atoms with Crippen LogP contribution in [0.5, 0.6) is 0 Å². The van der Waals surface area contributed by atoms with Crippen molar-refractivity contribution in [1.29, 1.82) is 0 Å². The van der Waals surface area contributed by atoms with E-state index in [0.717, 1.165) is 5.33 Å². The van der Waals surface area contributed by atoms with Crippen molar-refractivity contribution in [2.24, 2.45) is 0 Å². The minimum absolute atomic E-state index is 0.945. The Morgan fingerprint density at radius 1 is 1.46 bits per heavy atom. The van der Waals surface area contributed by atoms with E-state index in [9.17, 15) is 0 Å². The molecule has 13 heavy (non-hydrogen) atoms. The first-order chi connectivity index (χ1) is 6.22. The molecular formula is C10H8BrIS. The van der Waals surface area contributed by atoms with Gasteiger partial charge in [0.2, 0.25) is 0 Å². The van der Waals surface area contributed by atoms with Crippen LogP contribution in [-0.4, -0.2) is 0 Å². The fourth-order valence-electron chi connectivity index (χ4n) is 1.37. The number of benzene rings is 1. The van der Waals surface area contributed by atoms with Gasteiger partial charge >= 0.3 is 0 Å². The van der Waals surface area contributed by atoms with Crippen molar-refractivity contribution in [2.75, 3.05) is 0 Å². The summed E-state index contributed by atoms with van der Waals surface area (Å²) in [6.45, 7) is 2.17. The first-order valence-corrected chi connectivity index (χ1v) is 6.97. The van der Waals surface area contributed by atoms with E-state index in [1.165, 1.54) is 24.1 Å². The van der Waals surface area contributed by atoms with Gasteiger partial charge in [0.25, 0.3) is 0 Å². The summed E-state index contributed by atoms with van der Waals surface area (Å²) < 4.78 is 2.78. The molecule has 0 nitrogen and oxygen atoms in total. The Bertz CT molecular complexity index is 447. The zero-order valence-corrected chi connectivity index (χ0v) is 11.7. The van der Waals surface area contributed by atoms with Crippen LogP contribution in [0.1, 0.15) is 10.4 Å². The number of thiophene rings is 1. The van der Waals surface area contributed by atoms with E-state index in [1.807, 2.05) is 11.3 Å². The van der Waals surface area contributed by atoms with Gasteiger partial charge in [-0.1, -0.05) is 22.0 Å². The van der Waals surface area contributed by atoms with Gasteiger partial charge in [-0.3, -0.25) is 0 Å². The lowest BCUT2D eigenvalue weighted by Gasteiger charge is -1.99. The van der Waals surface area contributed by atoms with Crippen LogP contribution in [0, 0.1) is 10.5 Å². The van der Waals surface area contributed by atoms with Gasteiger partial charge in [0, 0.05) is 23.9 Å². The molecule has 0 radical (unpaired) electrons. The molecule has 0 amide bonds. The monoisotopic (exact) mass is 366 g/mol. The number of aryl methyl sites for hydroxylation is 1. The summed E-state index contributed by atoms with van der Waals surface area (Å²) in [4.78, 5) is 1.39.